The third kappa shape index (κ3) is 2.49. The molecule has 0 heterocycles. The summed E-state index contributed by atoms with van der Waals surface area (Å²) in [7, 11) is 0. The SMILES string of the molecule is Cc1ccc(OCC(=O)O)c(C2CC2)c1. The van der Waals surface area contributed by atoms with Crippen LogP contribution in [0.5, 0.6) is 5.75 Å². The molecule has 0 bridgehead atoms. The van der Waals surface area contributed by atoms with Gasteiger partial charge in [0.25, 0.3) is 0 Å². The van der Waals surface area contributed by atoms with E-state index in [1.54, 1.807) is 0 Å². The molecule has 0 amide bonds. The lowest BCUT2D eigenvalue weighted by Crippen LogP contribution is -2.10. The van der Waals surface area contributed by atoms with Crippen molar-refractivity contribution in [2.45, 2.75) is 25.7 Å². The fourth-order valence-electron chi connectivity index (χ4n) is 1.65. The molecule has 0 aliphatic heterocycles. The highest BCUT2D eigenvalue weighted by Crippen LogP contribution is 2.44. The maximum absolute atomic E-state index is 10.4. The molecule has 15 heavy (non-hydrogen) atoms. The summed E-state index contributed by atoms with van der Waals surface area (Å²) in [6.45, 7) is 1.77. The molecule has 0 aromatic heterocycles. The van der Waals surface area contributed by atoms with Crippen molar-refractivity contribution in [2.24, 2.45) is 0 Å². The van der Waals surface area contributed by atoms with Gasteiger partial charge in [-0.1, -0.05) is 17.7 Å². The van der Waals surface area contributed by atoms with Crippen LogP contribution in [-0.2, 0) is 4.79 Å². The summed E-state index contributed by atoms with van der Waals surface area (Å²) in [5, 5.41) is 8.55. The number of hydrogen-bond acceptors (Lipinski definition) is 2. The number of carboxylic acids is 1. The molecule has 0 atom stereocenters. The normalized spacial score (nSPS) is 15.0. The Morgan fingerprint density at radius 3 is 2.87 bits per heavy atom. The quantitative estimate of drug-likeness (QED) is 0.822. The Hall–Kier alpha value is -1.51. The van der Waals surface area contributed by atoms with E-state index in [1.807, 2.05) is 19.1 Å². The van der Waals surface area contributed by atoms with Gasteiger partial charge in [0, 0.05) is 0 Å². The van der Waals surface area contributed by atoms with E-state index in [1.165, 1.54) is 18.4 Å². The lowest BCUT2D eigenvalue weighted by molar-refractivity contribution is -0.139. The average molecular weight is 206 g/mol. The first kappa shape index (κ1) is 10.0. The summed E-state index contributed by atoms with van der Waals surface area (Å²) in [4.78, 5) is 10.4. The van der Waals surface area contributed by atoms with Gasteiger partial charge in [0.15, 0.2) is 6.61 Å². The number of carbonyl (C=O) groups is 1. The molecule has 1 saturated carbocycles. The summed E-state index contributed by atoms with van der Waals surface area (Å²) in [6, 6.07) is 5.91. The van der Waals surface area contributed by atoms with Crippen LogP contribution in [0.2, 0.25) is 0 Å². The second-order valence-corrected chi connectivity index (χ2v) is 4.00. The fourth-order valence-corrected chi connectivity index (χ4v) is 1.65. The van der Waals surface area contributed by atoms with Gasteiger partial charge in [-0.2, -0.15) is 0 Å². The Labute approximate surface area is 88.7 Å². The van der Waals surface area contributed by atoms with Crippen molar-refractivity contribution in [3.8, 4) is 5.75 Å². The third-order valence-electron chi connectivity index (χ3n) is 2.53. The number of benzene rings is 1. The van der Waals surface area contributed by atoms with Crippen LogP contribution in [0.15, 0.2) is 18.2 Å². The Bertz CT molecular complexity index is 380. The molecule has 0 saturated heterocycles. The number of hydrogen-bond donors (Lipinski definition) is 1. The molecule has 2 rings (SSSR count). The number of carboxylic acid groups (broad SMARTS) is 1. The van der Waals surface area contributed by atoms with E-state index in [9.17, 15) is 4.79 Å². The van der Waals surface area contributed by atoms with E-state index in [-0.39, 0.29) is 6.61 Å². The van der Waals surface area contributed by atoms with E-state index < -0.39 is 5.97 Å². The molecule has 0 spiro atoms. The molecule has 1 aromatic carbocycles. The first-order valence-corrected chi connectivity index (χ1v) is 5.12. The highest BCUT2D eigenvalue weighted by molar-refractivity contribution is 5.68. The van der Waals surface area contributed by atoms with Gasteiger partial charge in [-0.3, -0.25) is 0 Å². The van der Waals surface area contributed by atoms with E-state index in [0.29, 0.717) is 5.92 Å². The molecule has 1 aliphatic rings. The van der Waals surface area contributed by atoms with E-state index >= 15 is 0 Å². The minimum absolute atomic E-state index is 0.261. The molecular formula is C12H14O3. The zero-order valence-electron chi connectivity index (χ0n) is 8.69. The number of ether oxygens (including phenoxy) is 1. The topological polar surface area (TPSA) is 46.5 Å². The minimum Gasteiger partial charge on any atom is -0.482 e. The first-order valence-electron chi connectivity index (χ1n) is 5.12. The molecule has 3 nitrogen and oxygen atoms in total. The van der Waals surface area contributed by atoms with Gasteiger partial charge < -0.3 is 9.84 Å². The van der Waals surface area contributed by atoms with Gasteiger partial charge in [-0.05, 0) is 37.3 Å². The highest BCUT2D eigenvalue weighted by atomic mass is 16.5. The lowest BCUT2D eigenvalue weighted by Gasteiger charge is -2.09. The summed E-state index contributed by atoms with van der Waals surface area (Å²) in [6.07, 6.45) is 2.37. The number of rotatable bonds is 4. The summed E-state index contributed by atoms with van der Waals surface area (Å²) in [5.41, 5.74) is 2.36. The van der Waals surface area contributed by atoms with Crippen molar-refractivity contribution < 1.29 is 14.6 Å². The van der Waals surface area contributed by atoms with Gasteiger partial charge in [0.2, 0.25) is 0 Å². The molecule has 1 fully saturated rings. The second-order valence-electron chi connectivity index (χ2n) is 4.00. The van der Waals surface area contributed by atoms with Crippen molar-refractivity contribution in [1.29, 1.82) is 0 Å². The molecular weight excluding hydrogens is 192 g/mol. The smallest absolute Gasteiger partial charge is 0.341 e. The van der Waals surface area contributed by atoms with Crippen LogP contribution in [0.25, 0.3) is 0 Å². The Balaban J connectivity index is 2.17. The Kier molecular flexibility index (Phi) is 2.62. The lowest BCUT2D eigenvalue weighted by atomic mass is 10.1. The van der Waals surface area contributed by atoms with Gasteiger partial charge >= 0.3 is 5.97 Å². The molecule has 1 aliphatic carbocycles. The monoisotopic (exact) mass is 206 g/mol. The van der Waals surface area contributed by atoms with Crippen LogP contribution in [0.1, 0.15) is 29.9 Å². The molecule has 0 unspecified atom stereocenters. The first-order chi connectivity index (χ1) is 7.16. The van der Waals surface area contributed by atoms with Crippen LogP contribution >= 0.6 is 0 Å². The van der Waals surface area contributed by atoms with Crippen LogP contribution in [0, 0.1) is 6.92 Å². The molecule has 3 heteroatoms. The largest absolute Gasteiger partial charge is 0.482 e. The predicted molar refractivity (Wildman–Crippen MR) is 56.3 cm³/mol. The van der Waals surface area contributed by atoms with Crippen molar-refractivity contribution in [2.75, 3.05) is 6.61 Å². The number of aliphatic carboxylic acids is 1. The molecule has 80 valence electrons. The number of aryl methyl sites for hydroxylation is 1. The highest BCUT2D eigenvalue weighted by Gasteiger charge is 2.26. The van der Waals surface area contributed by atoms with E-state index in [4.69, 9.17) is 9.84 Å². The molecule has 0 radical (unpaired) electrons. The van der Waals surface area contributed by atoms with Gasteiger partial charge in [-0.25, -0.2) is 4.79 Å². The maximum Gasteiger partial charge on any atom is 0.341 e. The fraction of sp³-hybridized carbons (Fsp3) is 0.417. The summed E-state index contributed by atoms with van der Waals surface area (Å²) < 4.78 is 5.26. The van der Waals surface area contributed by atoms with Crippen LogP contribution in [0.4, 0.5) is 0 Å². The van der Waals surface area contributed by atoms with E-state index in [2.05, 4.69) is 6.07 Å². The Morgan fingerprint density at radius 2 is 2.27 bits per heavy atom. The van der Waals surface area contributed by atoms with Gasteiger partial charge in [-0.15, -0.1) is 0 Å². The molecule has 1 N–H and O–H groups in total. The average Bonchev–Trinajstić information content (AvgIpc) is 2.98. The van der Waals surface area contributed by atoms with Crippen molar-refractivity contribution >= 4 is 5.97 Å². The molecule has 1 aromatic rings. The standard InChI is InChI=1S/C12H14O3/c1-8-2-5-11(15-7-12(13)14)10(6-8)9-3-4-9/h2,5-6,9H,3-4,7H2,1H3,(H,13,14). The van der Waals surface area contributed by atoms with Gasteiger partial charge in [0.05, 0.1) is 0 Å². The van der Waals surface area contributed by atoms with E-state index in [0.717, 1.165) is 11.3 Å². The zero-order chi connectivity index (χ0) is 10.8. The second kappa shape index (κ2) is 3.93. The van der Waals surface area contributed by atoms with Crippen LogP contribution in [-0.4, -0.2) is 17.7 Å². The maximum atomic E-state index is 10.4. The van der Waals surface area contributed by atoms with Gasteiger partial charge in [0.1, 0.15) is 5.75 Å². The summed E-state index contributed by atoms with van der Waals surface area (Å²) >= 11 is 0. The third-order valence-corrected chi connectivity index (χ3v) is 2.53. The van der Waals surface area contributed by atoms with Crippen molar-refractivity contribution in [3.05, 3.63) is 29.3 Å². The zero-order valence-corrected chi connectivity index (χ0v) is 8.69. The minimum atomic E-state index is -0.933. The van der Waals surface area contributed by atoms with Crippen molar-refractivity contribution in [1.82, 2.24) is 0 Å². The van der Waals surface area contributed by atoms with Crippen LogP contribution in [0.3, 0.4) is 0 Å². The predicted octanol–water partition coefficient (Wildman–Crippen LogP) is 2.34. The van der Waals surface area contributed by atoms with Crippen LogP contribution < -0.4 is 4.74 Å². The Morgan fingerprint density at radius 1 is 1.53 bits per heavy atom. The summed E-state index contributed by atoms with van der Waals surface area (Å²) in [5.74, 6) is 0.372. The van der Waals surface area contributed by atoms with Crippen molar-refractivity contribution in [3.63, 3.8) is 0 Å².